The second-order valence-corrected chi connectivity index (χ2v) is 4.82. The molecule has 0 amide bonds. The summed E-state index contributed by atoms with van der Waals surface area (Å²) in [5.41, 5.74) is 1.68. The van der Waals surface area contributed by atoms with Gasteiger partial charge in [0.2, 0.25) is 0 Å². The molecule has 20 heavy (non-hydrogen) atoms. The topological polar surface area (TPSA) is 21.6 Å². The summed E-state index contributed by atoms with van der Waals surface area (Å²) < 4.78 is 5.41. The minimum Gasteiger partial charge on any atom is -0.486 e. The number of halogens is 2. The van der Waals surface area contributed by atoms with Gasteiger partial charge in [0.1, 0.15) is 6.61 Å². The van der Waals surface area contributed by atoms with Gasteiger partial charge in [-0.15, -0.1) is 0 Å². The molecule has 0 spiro atoms. The smallest absolute Gasteiger partial charge is 0.156 e. The monoisotopic (exact) mass is 305 g/mol. The molecule has 2 aromatic rings. The molecular formula is C16H13Cl2NO. The Morgan fingerprint density at radius 2 is 1.75 bits per heavy atom. The van der Waals surface area contributed by atoms with Gasteiger partial charge in [0.25, 0.3) is 0 Å². The van der Waals surface area contributed by atoms with Crippen LogP contribution >= 0.6 is 23.2 Å². The van der Waals surface area contributed by atoms with Gasteiger partial charge in [-0.25, -0.2) is 0 Å². The summed E-state index contributed by atoms with van der Waals surface area (Å²) in [5.74, 6) is 0.463. The number of benzene rings is 2. The van der Waals surface area contributed by atoms with Crippen LogP contribution in [0.25, 0.3) is 0 Å². The first-order chi connectivity index (χ1) is 9.70. The van der Waals surface area contributed by atoms with Crippen LogP contribution in [-0.4, -0.2) is 12.8 Å². The van der Waals surface area contributed by atoms with E-state index < -0.39 is 0 Å². The normalized spacial score (nSPS) is 10.7. The molecule has 4 heteroatoms. The fourth-order valence-corrected chi connectivity index (χ4v) is 2.21. The zero-order chi connectivity index (χ0) is 14.4. The number of rotatable bonds is 5. The van der Waals surface area contributed by atoms with Crippen molar-refractivity contribution in [3.8, 4) is 5.75 Å². The van der Waals surface area contributed by atoms with Crippen LogP contribution < -0.4 is 4.74 Å². The molecule has 2 nitrogen and oxygen atoms in total. The third kappa shape index (κ3) is 3.86. The van der Waals surface area contributed by atoms with E-state index in [4.69, 9.17) is 27.9 Å². The molecule has 0 aromatic heterocycles. The second kappa shape index (κ2) is 7.13. The van der Waals surface area contributed by atoms with Crippen molar-refractivity contribution < 1.29 is 4.74 Å². The van der Waals surface area contributed by atoms with Crippen molar-refractivity contribution in [1.82, 2.24) is 0 Å². The molecule has 0 atom stereocenters. The fraction of sp³-hybridized carbons (Fsp3) is 0.0625. The Morgan fingerprint density at radius 3 is 2.35 bits per heavy atom. The minimum absolute atomic E-state index is 0.358. The predicted molar refractivity (Wildman–Crippen MR) is 85.9 cm³/mol. The number of para-hydroxylation sites is 1. The number of ether oxygens (including phenoxy) is 1. The molecule has 0 aliphatic rings. The van der Waals surface area contributed by atoms with Crippen LogP contribution in [0.3, 0.4) is 0 Å². The highest BCUT2D eigenvalue weighted by Gasteiger charge is 2.08. The number of hydrogen-bond acceptors (Lipinski definition) is 2. The average molecular weight is 306 g/mol. The maximum atomic E-state index is 6.15. The Bertz CT molecular complexity index is 601. The molecule has 102 valence electrons. The van der Waals surface area contributed by atoms with Crippen LogP contribution in [0.4, 0.5) is 5.69 Å². The maximum absolute atomic E-state index is 6.15. The van der Waals surface area contributed by atoms with Gasteiger partial charge in [0, 0.05) is 6.21 Å². The van der Waals surface area contributed by atoms with Crippen molar-refractivity contribution in [3.05, 3.63) is 70.7 Å². The highest BCUT2D eigenvalue weighted by Crippen LogP contribution is 2.33. The SMILES string of the molecule is C=CCOc1c(Cl)cc(C=Nc2ccccc2)cc1Cl. The van der Waals surface area contributed by atoms with Crippen LogP contribution in [-0.2, 0) is 0 Å². The molecule has 0 heterocycles. The summed E-state index contributed by atoms with van der Waals surface area (Å²) >= 11 is 12.3. The van der Waals surface area contributed by atoms with Crippen LogP contribution in [0, 0.1) is 0 Å². The number of nitrogens with zero attached hydrogens (tertiary/aromatic N) is 1. The first kappa shape index (κ1) is 14.6. The predicted octanol–water partition coefficient (Wildman–Crippen LogP) is 5.31. The van der Waals surface area contributed by atoms with E-state index in [2.05, 4.69) is 11.6 Å². The Kier molecular flexibility index (Phi) is 5.22. The summed E-state index contributed by atoms with van der Waals surface area (Å²) in [5, 5.41) is 0.905. The molecule has 0 N–H and O–H groups in total. The third-order valence-electron chi connectivity index (χ3n) is 2.49. The molecule has 0 saturated carbocycles. The lowest BCUT2D eigenvalue weighted by Gasteiger charge is -2.08. The summed E-state index contributed by atoms with van der Waals surface area (Å²) in [7, 11) is 0. The molecule has 0 aliphatic carbocycles. The Morgan fingerprint density at radius 1 is 1.10 bits per heavy atom. The molecule has 0 aliphatic heterocycles. The fourth-order valence-electron chi connectivity index (χ4n) is 1.60. The van der Waals surface area contributed by atoms with Crippen LogP contribution in [0.2, 0.25) is 10.0 Å². The molecule has 0 unspecified atom stereocenters. The third-order valence-corrected chi connectivity index (χ3v) is 3.05. The zero-order valence-electron chi connectivity index (χ0n) is 10.7. The molecule has 0 radical (unpaired) electrons. The second-order valence-electron chi connectivity index (χ2n) is 4.01. The molecular weight excluding hydrogens is 293 g/mol. The van der Waals surface area contributed by atoms with E-state index >= 15 is 0 Å². The van der Waals surface area contributed by atoms with E-state index in [0.717, 1.165) is 11.3 Å². The van der Waals surface area contributed by atoms with Crippen molar-refractivity contribution in [2.75, 3.05) is 6.61 Å². The molecule has 0 saturated heterocycles. The molecule has 0 bridgehead atoms. The minimum atomic E-state index is 0.358. The van der Waals surface area contributed by atoms with Crippen molar-refractivity contribution >= 4 is 35.1 Å². The molecule has 2 rings (SSSR count). The average Bonchev–Trinajstić information content (AvgIpc) is 2.45. The molecule has 0 fully saturated rings. The van der Waals surface area contributed by atoms with E-state index in [1.807, 2.05) is 30.3 Å². The van der Waals surface area contributed by atoms with Gasteiger partial charge < -0.3 is 4.74 Å². The van der Waals surface area contributed by atoms with E-state index in [1.165, 1.54) is 0 Å². The maximum Gasteiger partial charge on any atom is 0.156 e. The highest BCUT2D eigenvalue weighted by atomic mass is 35.5. The Labute approximate surface area is 128 Å². The van der Waals surface area contributed by atoms with Crippen molar-refractivity contribution in [3.63, 3.8) is 0 Å². The zero-order valence-corrected chi connectivity index (χ0v) is 12.2. The largest absolute Gasteiger partial charge is 0.486 e. The quantitative estimate of drug-likeness (QED) is 0.542. The van der Waals surface area contributed by atoms with Crippen molar-refractivity contribution in [1.29, 1.82) is 0 Å². The van der Waals surface area contributed by atoms with Crippen molar-refractivity contribution in [2.45, 2.75) is 0 Å². The lowest BCUT2D eigenvalue weighted by atomic mass is 10.2. The van der Waals surface area contributed by atoms with E-state index in [0.29, 0.717) is 22.4 Å². The van der Waals surface area contributed by atoms with E-state index in [-0.39, 0.29) is 0 Å². The van der Waals surface area contributed by atoms with Gasteiger partial charge in [-0.2, -0.15) is 0 Å². The van der Waals surface area contributed by atoms with Crippen LogP contribution in [0.1, 0.15) is 5.56 Å². The first-order valence-corrected chi connectivity index (χ1v) is 6.78. The number of aliphatic imine (C=N–C) groups is 1. The van der Waals surface area contributed by atoms with Gasteiger partial charge in [-0.1, -0.05) is 54.1 Å². The van der Waals surface area contributed by atoms with Crippen molar-refractivity contribution in [2.24, 2.45) is 4.99 Å². The summed E-state index contributed by atoms with van der Waals surface area (Å²) in [6.45, 7) is 3.94. The van der Waals surface area contributed by atoms with Crippen LogP contribution in [0.15, 0.2) is 60.1 Å². The van der Waals surface area contributed by atoms with E-state index in [1.54, 1.807) is 24.4 Å². The molecule has 2 aromatic carbocycles. The van der Waals surface area contributed by atoms with Gasteiger partial charge in [-0.05, 0) is 29.8 Å². The van der Waals surface area contributed by atoms with Gasteiger partial charge in [0.05, 0.1) is 15.7 Å². The van der Waals surface area contributed by atoms with Gasteiger partial charge in [-0.3, -0.25) is 4.99 Å². The van der Waals surface area contributed by atoms with Crippen LogP contribution in [0.5, 0.6) is 5.75 Å². The highest BCUT2D eigenvalue weighted by molar-refractivity contribution is 6.37. The van der Waals surface area contributed by atoms with E-state index in [9.17, 15) is 0 Å². The lowest BCUT2D eigenvalue weighted by molar-refractivity contribution is 0.363. The summed E-state index contributed by atoms with van der Waals surface area (Å²) in [6, 6.07) is 13.2. The Hall–Kier alpha value is -1.77. The summed E-state index contributed by atoms with van der Waals surface area (Å²) in [4.78, 5) is 4.35. The number of hydrogen-bond donors (Lipinski definition) is 0. The van der Waals surface area contributed by atoms with Gasteiger partial charge in [0.15, 0.2) is 5.75 Å². The first-order valence-electron chi connectivity index (χ1n) is 6.02. The van der Waals surface area contributed by atoms with Gasteiger partial charge >= 0.3 is 0 Å². The Balaban J connectivity index is 2.22. The summed E-state index contributed by atoms with van der Waals surface area (Å²) in [6.07, 6.45) is 3.35. The lowest BCUT2D eigenvalue weighted by Crippen LogP contribution is -1.95. The standard InChI is InChI=1S/C16H13Cl2NO/c1-2-8-20-16-14(17)9-12(10-15(16)18)11-19-13-6-4-3-5-7-13/h2-7,9-11H,1,8H2.